The number of nitrogen functional groups attached to an aromatic ring is 1. The van der Waals surface area contributed by atoms with Gasteiger partial charge in [-0.1, -0.05) is 18.9 Å². The zero-order chi connectivity index (χ0) is 12.5. The molecule has 0 aliphatic heterocycles. The summed E-state index contributed by atoms with van der Waals surface area (Å²) in [6.45, 7) is 0. The molecule has 0 spiro atoms. The number of nitrogens with two attached hydrogens (primary N) is 1. The Kier molecular flexibility index (Phi) is 2.83. The van der Waals surface area contributed by atoms with Gasteiger partial charge < -0.3 is 20.6 Å². The van der Waals surface area contributed by atoms with E-state index in [2.05, 4.69) is 10.3 Å². The highest BCUT2D eigenvalue weighted by molar-refractivity contribution is 5.86. The number of benzene rings is 1. The second-order valence-corrected chi connectivity index (χ2v) is 4.82. The number of oxazole rings is 1. The standard InChI is InChI=1S/C13H17N3O2/c14-8-4-3-7-11-12(8)16-13(18-11)15-9-5-1-2-6-10(9)17/h3-4,7,9-10,17H,1-2,5-6,14H2,(H,15,16). The van der Waals surface area contributed by atoms with Gasteiger partial charge in [0.15, 0.2) is 5.58 Å². The normalized spacial score (nSPS) is 24.3. The van der Waals surface area contributed by atoms with Crippen LogP contribution in [0.4, 0.5) is 11.7 Å². The van der Waals surface area contributed by atoms with Crippen LogP contribution in [0.25, 0.3) is 11.1 Å². The average molecular weight is 247 g/mol. The van der Waals surface area contributed by atoms with E-state index >= 15 is 0 Å². The third kappa shape index (κ3) is 2.01. The Morgan fingerprint density at radius 3 is 2.94 bits per heavy atom. The summed E-state index contributed by atoms with van der Waals surface area (Å²) in [7, 11) is 0. The molecule has 1 aliphatic rings. The topological polar surface area (TPSA) is 84.3 Å². The third-order valence-electron chi connectivity index (χ3n) is 3.49. The zero-order valence-electron chi connectivity index (χ0n) is 10.1. The second kappa shape index (κ2) is 4.49. The number of aromatic nitrogens is 1. The minimum Gasteiger partial charge on any atom is -0.423 e. The molecule has 1 fully saturated rings. The number of nitrogens with zero attached hydrogens (tertiary/aromatic N) is 1. The zero-order valence-corrected chi connectivity index (χ0v) is 10.1. The highest BCUT2D eigenvalue weighted by atomic mass is 16.4. The monoisotopic (exact) mass is 247 g/mol. The molecule has 2 unspecified atom stereocenters. The summed E-state index contributed by atoms with van der Waals surface area (Å²) in [4.78, 5) is 4.33. The minimum atomic E-state index is -0.328. The molecule has 1 saturated carbocycles. The van der Waals surface area contributed by atoms with E-state index in [-0.39, 0.29) is 12.1 Å². The Bertz CT molecular complexity index is 552. The molecule has 1 aromatic heterocycles. The van der Waals surface area contributed by atoms with Crippen molar-refractivity contribution in [3.8, 4) is 0 Å². The van der Waals surface area contributed by atoms with Crippen LogP contribution in [0.3, 0.4) is 0 Å². The van der Waals surface area contributed by atoms with Crippen LogP contribution in [0.5, 0.6) is 0 Å². The van der Waals surface area contributed by atoms with Crippen LogP contribution < -0.4 is 11.1 Å². The molecule has 96 valence electrons. The Balaban J connectivity index is 1.84. The van der Waals surface area contributed by atoms with Crippen molar-refractivity contribution in [3.05, 3.63) is 18.2 Å². The fourth-order valence-electron chi connectivity index (χ4n) is 2.47. The van der Waals surface area contributed by atoms with Crippen molar-refractivity contribution < 1.29 is 9.52 Å². The van der Waals surface area contributed by atoms with Crippen molar-refractivity contribution in [1.29, 1.82) is 0 Å². The third-order valence-corrected chi connectivity index (χ3v) is 3.49. The van der Waals surface area contributed by atoms with Crippen molar-refractivity contribution in [1.82, 2.24) is 4.98 Å². The maximum Gasteiger partial charge on any atom is 0.296 e. The summed E-state index contributed by atoms with van der Waals surface area (Å²) in [6, 6.07) is 5.93. The van der Waals surface area contributed by atoms with Crippen LogP contribution in [0.15, 0.2) is 22.6 Å². The van der Waals surface area contributed by atoms with E-state index < -0.39 is 0 Å². The van der Waals surface area contributed by atoms with Crippen molar-refractivity contribution in [3.63, 3.8) is 0 Å². The smallest absolute Gasteiger partial charge is 0.296 e. The summed E-state index contributed by atoms with van der Waals surface area (Å²) in [5.74, 6) is 0. The maximum absolute atomic E-state index is 9.90. The van der Waals surface area contributed by atoms with E-state index in [4.69, 9.17) is 10.2 Å². The predicted molar refractivity (Wildman–Crippen MR) is 70.3 cm³/mol. The van der Waals surface area contributed by atoms with Crippen LogP contribution in [0.1, 0.15) is 25.7 Å². The van der Waals surface area contributed by atoms with E-state index in [0.29, 0.717) is 22.8 Å². The number of nitrogens with one attached hydrogen (secondary N) is 1. The Morgan fingerprint density at radius 2 is 2.17 bits per heavy atom. The molecule has 5 nitrogen and oxygen atoms in total. The highest BCUT2D eigenvalue weighted by Crippen LogP contribution is 2.26. The van der Waals surface area contributed by atoms with E-state index in [1.54, 1.807) is 6.07 Å². The number of aliphatic hydroxyl groups excluding tert-OH is 1. The van der Waals surface area contributed by atoms with Crippen molar-refractivity contribution >= 4 is 22.8 Å². The van der Waals surface area contributed by atoms with Crippen LogP contribution in [0, 0.1) is 0 Å². The summed E-state index contributed by atoms with van der Waals surface area (Å²) in [5.41, 5.74) is 7.78. The lowest BCUT2D eigenvalue weighted by molar-refractivity contribution is 0.115. The van der Waals surface area contributed by atoms with Gasteiger partial charge in [-0.2, -0.15) is 4.98 Å². The molecule has 2 atom stereocenters. The maximum atomic E-state index is 9.90. The lowest BCUT2D eigenvalue weighted by Gasteiger charge is -2.27. The van der Waals surface area contributed by atoms with E-state index in [1.165, 1.54) is 0 Å². The molecule has 18 heavy (non-hydrogen) atoms. The van der Waals surface area contributed by atoms with Crippen LogP contribution >= 0.6 is 0 Å². The molecule has 0 radical (unpaired) electrons. The van der Waals surface area contributed by atoms with E-state index in [0.717, 1.165) is 25.7 Å². The van der Waals surface area contributed by atoms with Gasteiger partial charge in [0.2, 0.25) is 0 Å². The Morgan fingerprint density at radius 1 is 1.33 bits per heavy atom. The number of para-hydroxylation sites is 1. The number of hydrogen-bond donors (Lipinski definition) is 3. The minimum absolute atomic E-state index is 0.0213. The fraction of sp³-hybridized carbons (Fsp3) is 0.462. The first-order valence-corrected chi connectivity index (χ1v) is 6.33. The molecule has 5 heteroatoms. The average Bonchev–Trinajstić information content (AvgIpc) is 2.76. The second-order valence-electron chi connectivity index (χ2n) is 4.82. The van der Waals surface area contributed by atoms with Crippen LogP contribution in [-0.4, -0.2) is 22.2 Å². The fourth-order valence-corrected chi connectivity index (χ4v) is 2.47. The van der Waals surface area contributed by atoms with Gasteiger partial charge in [0, 0.05) is 0 Å². The van der Waals surface area contributed by atoms with Gasteiger partial charge in [0.05, 0.1) is 17.8 Å². The molecule has 2 aromatic rings. The Hall–Kier alpha value is -1.75. The molecular weight excluding hydrogens is 230 g/mol. The molecule has 0 saturated heterocycles. The van der Waals surface area contributed by atoms with E-state index in [1.807, 2.05) is 12.1 Å². The lowest BCUT2D eigenvalue weighted by Crippen LogP contribution is -2.36. The molecular formula is C13H17N3O2. The van der Waals surface area contributed by atoms with E-state index in [9.17, 15) is 5.11 Å². The summed E-state index contributed by atoms with van der Waals surface area (Å²) in [6.07, 6.45) is 3.65. The number of fused-ring (bicyclic) bond motifs is 1. The Labute approximate surface area is 105 Å². The first-order chi connectivity index (χ1) is 8.74. The summed E-state index contributed by atoms with van der Waals surface area (Å²) < 4.78 is 5.59. The first kappa shape index (κ1) is 11.3. The van der Waals surface area contributed by atoms with Crippen molar-refractivity contribution in [2.45, 2.75) is 37.8 Å². The molecule has 1 aliphatic carbocycles. The van der Waals surface area contributed by atoms with Gasteiger partial charge in [-0.3, -0.25) is 0 Å². The number of rotatable bonds is 2. The van der Waals surface area contributed by atoms with Crippen LogP contribution in [0.2, 0.25) is 0 Å². The molecule has 0 bridgehead atoms. The van der Waals surface area contributed by atoms with Crippen LogP contribution in [-0.2, 0) is 0 Å². The van der Waals surface area contributed by atoms with Gasteiger partial charge >= 0.3 is 0 Å². The first-order valence-electron chi connectivity index (χ1n) is 6.33. The quantitative estimate of drug-likeness (QED) is 0.708. The molecule has 1 heterocycles. The highest BCUT2D eigenvalue weighted by Gasteiger charge is 2.24. The SMILES string of the molecule is Nc1cccc2oc(NC3CCCCC3O)nc12. The summed E-state index contributed by atoms with van der Waals surface area (Å²) >= 11 is 0. The van der Waals surface area contributed by atoms with Gasteiger partial charge in [-0.05, 0) is 25.0 Å². The van der Waals surface area contributed by atoms with Crippen molar-refractivity contribution in [2.24, 2.45) is 0 Å². The largest absolute Gasteiger partial charge is 0.423 e. The number of aliphatic hydroxyl groups is 1. The van der Waals surface area contributed by atoms with Gasteiger partial charge in [0.25, 0.3) is 6.01 Å². The molecule has 1 aromatic carbocycles. The van der Waals surface area contributed by atoms with Gasteiger partial charge in [0.1, 0.15) is 5.52 Å². The predicted octanol–water partition coefficient (Wildman–Crippen LogP) is 2.13. The molecule has 0 amide bonds. The number of hydrogen-bond acceptors (Lipinski definition) is 5. The van der Waals surface area contributed by atoms with Gasteiger partial charge in [-0.25, -0.2) is 0 Å². The molecule has 3 rings (SSSR count). The lowest BCUT2D eigenvalue weighted by atomic mass is 9.93. The van der Waals surface area contributed by atoms with Crippen molar-refractivity contribution in [2.75, 3.05) is 11.1 Å². The molecule has 4 N–H and O–H groups in total. The number of anilines is 2. The van der Waals surface area contributed by atoms with Gasteiger partial charge in [-0.15, -0.1) is 0 Å². The summed E-state index contributed by atoms with van der Waals surface area (Å²) in [5, 5.41) is 13.1.